The molecule has 60 valence electrons. The van der Waals surface area contributed by atoms with Gasteiger partial charge in [-0.2, -0.15) is 0 Å². The SMILES string of the molecule is COC(C)(C)N1CCCC1. The zero-order valence-corrected chi connectivity index (χ0v) is 7.18. The Kier molecular flexibility index (Phi) is 2.32. The van der Waals surface area contributed by atoms with Gasteiger partial charge in [-0.15, -0.1) is 0 Å². The summed E-state index contributed by atoms with van der Waals surface area (Å²) in [7, 11) is 1.78. The smallest absolute Gasteiger partial charge is 0.115 e. The van der Waals surface area contributed by atoms with Crippen molar-refractivity contribution in [3.05, 3.63) is 0 Å². The van der Waals surface area contributed by atoms with E-state index in [2.05, 4.69) is 18.7 Å². The second-order valence-electron chi connectivity index (χ2n) is 3.35. The van der Waals surface area contributed by atoms with E-state index in [0.29, 0.717) is 0 Å². The van der Waals surface area contributed by atoms with Gasteiger partial charge in [0.25, 0.3) is 0 Å². The molecule has 2 nitrogen and oxygen atoms in total. The van der Waals surface area contributed by atoms with Crippen molar-refractivity contribution >= 4 is 0 Å². The van der Waals surface area contributed by atoms with Gasteiger partial charge in [0.05, 0.1) is 0 Å². The molecular weight excluding hydrogens is 126 g/mol. The summed E-state index contributed by atoms with van der Waals surface area (Å²) in [6.07, 6.45) is 2.65. The number of methoxy groups -OCH3 is 1. The van der Waals surface area contributed by atoms with Crippen LogP contribution >= 0.6 is 0 Å². The molecule has 0 aromatic carbocycles. The molecule has 0 amide bonds. The van der Waals surface area contributed by atoms with Crippen molar-refractivity contribution in [2.24, 2.45) is 0 Å². The van der Waals surface area contributed by atoms with Crippen LogP contribution in [0.1, 0.15) is 26.7 Å². The minimum Gasteiger partial charge on any atom is -0.364 e. The molecule has 0 bridgehead atoms. The first kappa shape index (κ1) is 8.02. The Morgan fingerprint density at radius 1 is 1.20 bits per heavy atom. The van der Waals surface area contributed by atoms with Gasteiger partial charge in [0, 0.05) is 20.2 Å². The summed E-state index contributed by atoms with van der Waals surface area (Å²) < 4.78 is 5.35. The predicted molar refractivity (Wildman–Crippen MR) is 41.9 cm³/mol. The lowest BCUT2D eigenvalue weighted by molar-refractivity contribution is -0.0977. The van der Waals surface area contributed by atoms with E-state index in [-0.39, 0.29) is 5.72 Å². The normalized spacial score (nSPS) is 21.9. The van der Waals surface area contributed by atoms with Crippen LogP contribution in [0, 0.1) is 0 Å². The van der Waals surface area contributed by atoms with E-state index in [4.69, 9.17) is 4.74 Å². The number of hydrogen-bond donors (Lipinski definition) is 0. The Morgan fingerprint density at radius 3 is 2.10 bits per heavy atom. The minimum absolute atomic E-state index is 0.0451. The lowest BCUT2D eigenvalue weighted by Gasteiger charge is -2.33. The fraction of sp³-hybridized carbons (Fsp3) is 1.00. The molecule has 2 heteroatoms. The van der Waals surface area contributed by atoms with Crippen molar-refractivity contribution < 1.29 is 4.74 Å². The highest BCUT2D eigenvalue weighted by Gasteiger charge is 2.27. The third kappa shape index (κ3) is 1.50. The van der Waals surface area contributed by atoms with Crippen LogP contribution in [0.2, 0.25) is 0 Å². The lowest BCUT2D eigenvalue weighted by atomic mass is 10.3. The molecule has 1 rings (SSSR count). The van der Waals surface area contributed by atoms with Crippen LogP contribution in [0.15, 0.2) is 0 Å². The van der Waals surface area contributed by atoms with Crippen LogP contribution in [0.5, 0.6) is 0 Å². The van der Waals surface area contributed by atoms with Gasteiger partial charge < -0.3 is 4.74 Å². The summed E-state index contributed by atoms with van der Waals surface area (Å²) in [5.41, 5.74) is -0.0451. The maximum absolute atomic E-state index is 5.35. The Labute approximate surface area is 63.2 Å². The first-order valence-electron chi connectivity index (χ1n) is 3.97. The molecule has 0 spiro atoms. The summed E-state index contributed by atoms with van der Waals surface area (Å²) in [4.78, 5) is 2.38. The summed E-state index contributed by atoms with van der Waals surface area (Å²) in [6, 6.07) is 0. The average molecular weight is 143 g/mol. The van der Waals surface area contributed by atoms with Gasteiger partial charge in [-0.05, 0) is 26.7 Å². The van der Waals surface area contributed by atoms with Gasteiger partial charge in [-0.1, -0.05) is 0 Å². The van der Waals surface area contributed by atoms with E-state index >= 15 is 0 Å². The zero-order valence-electron chi connectivity index (χ0n) is 7.18. The van der Waals surface area contributed by atoms with Crippen LogP contribution in [0.25, 0.3) is 0 Å². The van der Waals surface area contributed by atoms with Gasteiger partial charge in [-0.3, -0.25) is 4.90 Å². The van der Waals surface area contributed by atoms with Crippen LogP contribution < -0.4 is 0 Å². The zero-order chi connectivity index (χ0) is 7.61. The highest BCUT2D eigenvalue weighted by atomic mass is 16.5. The monoisotopic (exact) mass is 143 g/mol. The molecule has 1 saturated heterocycles. The molecule has 0 unspecified atom stereocenters. The number of ether oxygens (including phenoxy) is 1. The predicted octanol–water partition coefficient (Wildman–Crippen LogP) is 1.46. The molecule has 0 radical (unpaired) electrons. The van der Waals surface area contributed by atoms with Crippen LogP contribution in [0.3, 0.4) is 0 Å². The number of rotatable bonds is 2. The molecule has 10 heavy (non-hydrogen) atoms. The first-order chi connectivity index (χ1) is 4.67. The topological polar surface area (TPSA) is 12.5 Å². The molecule has 1 aliphatic rings. The van der Waals surface area contributed by atoms with Crippen molar-refractivity contribution in [3.63, 3.8) is 0 Å². The highest BCUT2D eigenvalue weighted by molar-refractivity contribution is 4.75. The van der Waals surface area contributed by atoms with E-state index in [0.717, 1.165) is 0 Å². The number of likely N-dealkylation sites (tertiary alicyclic amines) is 1. The molecule has 0 N–H and O–H groups in total. The molecule has 1 heterocycles. The number of nitrogens with zero attached hydrogens (tertiary/aromatic N) is 1. The van der Waals surface area contributed by atoms with Gasteiger partial charge in [0.15, 0.2) is 0 Å². The molecular formula is C8H17NO. The van der Waals surface area contributed by atoms with E-state index < -0.39 is 0 Å². The summed E-state index contributed by atoms with van der Waals surface area (Å²) in [6.45, 7) is 6.64. The van der Waals surface area contributed by atoms with Crippen LogP contribution in [-0.2, 0) is 4.74 Å². The third-order valence-corrected chi connectivity index (χ3v) is 2.37. The largest absolute Gasteiger partial charge is 0.364 e. The molecule has 0 saturated carbocycles. The quantitative estimate of drug-likeness (QED) is 0.580. The second kappa shape index (κ2) is 2.89. The lowest BCUT2D eigenvalue weighted by Crippen LogP contribution is -2.43. The van der Waals surface area contributed by atoms with E-state index in [1.54, 1.807) is 7.11 Å². The molecule has 0 aromatic rings. The van der Waals surface area contributed by atoms with Gasteiger partial charge >= 0.3 is 0 Å². The third-order valence-electron chi connectivity index (χ3n) is 2.37. The summed E-state index contributed by atoms with van der Waals surface area (Å²) >= 11 is 0. The Hall–Kier alpha value is -0.0800. The van der Waals surface area contributed by atoms with Crippen LogP contribution in [0.4, 0.5) is 0 Å². The Bertz CT molecular complexity index is 106. The highest BCUT2D eigenvalue weighted by Crippen LogP contribution is 2.20. The summed E-state index contributed by atoms with van der Waals surface area (Å²) in [5, 5.41) is 0. The standard InChI is InChI=1S/C8H17NO/c1-8(2,10-3)9-6-4-5-7-9/h4-7H2,1-3H3. The van der Waals surface area contributed by atoms with Crippen molar-refractivity contribution in [1.82, 2.24) is 4.90 Å². The van der Waals surface area contributed by atoms with E-state index in [9.17, 15) is 0 Å². The maximum atomic E-state index is 5.35. The maximum Gasteiger partial charge on any atom is 0.115 e. The van der Waals surface area contributed by atoms with E-state index in [1.165, 1.54) is 25.9 Å². The molecule has 1 fully saturated rings. The Morgan fingerprint density at radius 2 is 1.70 bits per heavy atom. The van der Waals surface area contributed by atoms with Crippen LogP contribution in [-0.4, -0.2) is 30.8 Å². The fourth-order valence-corrected chi connectivity index (χ4v) is 1.38. The molecule has 1 aliphatic heterocycles. The molecule has 0 aliphatic carbocycles. The Balaban J connectivity index is 2.45. The van der Waals surface area contributed by atoms with E-state index in [1.807, 2.05) is 0 Å². The second-order valence-corrected chi connectivity index (χ2v) is 3.35. The average Bonchev–Trinajstić information content (AvgIpc) is 2.38. The first-order valence-corrected chi connectivity index (χ1v) is 3.97. The summed E-state index contributed by atoms with van der Waals surface area (Å²) in [5.74, 6) is 0. The van der Waals surface area contributed by atoms with Gasteiger partial charge in [0.1, 0.15) is 5.72 Å². The minimum atomic E-state index is -0.0451. The van der Waals surface area contributed by atoms with Crippen molar-refractivity contribution in [2.45, 2.75) is 32.4 Å². The van der Waals surface area contributed by atoms with Crippen molar-refractivity contribution in [2.75, 3.05) is 20.2 Å². The van der Waals surface area contributed by atoms with Gasteiger partial charge in [0.2, 0.25) is 0 Å². The van der Waals surface area contributed by atoms with Crippen molar-refractivity contribution in [1.29, 1.82) is 0 Å². The van der Waals surface area contributed by atoms with Gasteiger partial charge in [-0.25, -0.2) is 0 Å². The van der Waals surface area contributed by atoms with Crippen molar-refractivity contribution in [3.8, 4) is 0 Å². The number of hydrogen-bond acceptors (Lipinski definition) is 2. The fourth-order valence-electron chi connectivity index (χ4n) is 1.38. The molecule has 0 atom stereocenters. The molecule has 0 aromatic heterocycles.